The van der Waals surface area contributed by atoms with Crippen molar-refractivity contribution in [1.29, 1.82) is 0 Å². The summed E-state index contributed by atoms with van der Waals surface area (Å²) in [4.78, 5) is 67.4. The van der Waals surface area contributed by atoms with Crippen molar-refractivity contribution in [2.24, 2.45) is 11.3 Å². The van der Waals surface area contributed by atoms with Crippen LogP contribution < -0.4 is 20.1 Å². The minimum Gasteiger partial charge on any atom is -0.459 e. The lowest BCUT2D eigenvalue weighted by Gasteiger charge is -2.36. The summed E-state index contributed by atoms with van der Waals surface area (Å²) >= 11 is 1.54. The number of benzene rings is 1. The first-order valence-corrected chi connectivity index (χ1v) is 22.6. The van der Waals surface area contributed by atoms with Crippen LogP contribution >= 0.6 is 11.3 Å². The SMILES string of the molecule is C=C[C@@H]1C[C@]1(NC(=O)[C@@H]1C[C@@H](Oc2nc3c(-c4nc(C(C)C)cs4)cccc3n2C(C)C)CN1C(=O)[C@@H](NC(=O)OC(C)(C)C)C(C)(C)C)C(=O)NS(=O)(=O)C1(C)CC1. The summed E-state index contributed by atoms with van der Waals surface area (Å²) in [5, 5.41) is 8.45. The van der Waals surface area contributed by atoms with Crippen LogP contribution in [0.3, 0.4) is 0 Å². The fraction of sp³-hybridized carbons (Fsp3) is 0.619. The maximum atomic E-state index is 14.7. The summed E-state index contributed by atoms with van der Waals surface area (Å²) in [7, 11) is -4.02. The number of para-hydroxylation sites is 1. The van der Waals surface area contributed by atoms with Crippen LogP contribution in [0.2, 0.25) is 0 Å². The van der Waals surface area contributed by atoms with Crippen molar-refractivity contribution in [3.63, 3.8) is 0 Å². The number of hydrogen-bond acceptors (Lipinski definition) is 11. The second-order valence-electron chi connectivity index (χ2n) is 19.1. The van der Waals surface area contributed by atoms with Gasteiger partial charge < -0.3 is 25.0 Å². The lowest BCUT2D eigenvalue weighted by molar-refractivity contribution is -0.143. The minimum absolute atomic E-state index is 0.00604. The van der Waals surface area contributed by atoms with Gasteiger partial charge in [-0.3, -0.25) is 23.7 Å². The molecule has 3 heterocycles. The molecule has 0 spiro atoms. The number of likely N-dealkylation sites (tertiary alicyclic amines) is 1. The summed E-state index contributed by atoms with van der Waals surface area (Å²) in [5.74, 6) is -2.37. The first-order valence-electron chi connectivity index (χ1n) is 20.3. The Hall–Kier alpha value is -4.51. The molecule has 5 atom stereocenters. The summed E-state index contributed by atoms with van der Waals surface area (Å²) in [6, 6.07) is 3.79. The molecule has 1 saturated heterocycles. The maximum Gasteiger partial charge on any atom is 0.408 e. The molecule has 59 heavy (non-hydrogen) atoms. The third kappa shape index (κ3) is 8.86. The van der Waals surface area contributed by atoms with E-state index in [0.29, 0.717) is 24.4 Å². The van der Waals surface area contributed by atoms with Gasteiger partial charge in [0.15, 0.2) is 0 Å². The fourth-order valence-electron chi connectivity index (χ4n) is 7.41. The predicted octanol–water partition coefficient (Wildman–Crippen LogP) is 6.21. The van der Waals surface area contributed by atoms with Gasteiger partial charge in [0, 0.05) is 29.3 Å². The van der Waals surface area contributed by atoms with Crippen molar-refractivity contribution in [2.45, 2.75) is 148 Å². The molecule has 3 aromatic rings. The normalized spacial score (nSPS) is 23.2. The number of amides is 4. The van der Waals surface area contributed by atoms with Gasteiger partial charge in [-0.25, -0.2) is 18.2 Å². The molecular weight excluding hydrogens is 795 g/mol. The number of nitrogens with zero attached hydrogens (tertiary/aromatic N) is 4. The molecule has 0 bridgehead atoms. The zero-order valence-corrected chi connectivity index (χ0v) is 37.6. The lowest BCUT2D eigenvalue weighted by atomic mass is 9.85. The monoisotopic (exact) mass is 853 g/mol. The second kappa shape index (κ2) is 15.5. The van der Waals surface area contributed by atoms with Crippen LogP contribution in [0.4, 0.5) is 4.79 Å². The van der Waals surface area contributed by atoms with Crippen LogP contribution in [0.5, 0.6) is 6.01 Å². The van der Waals surface area contributed by atoms with E-state index in [-0.39, 0.29) is 31.3 Å². The Bertz CT molecular complexity index is 2260. The Morgan fingerprint density at radius 3 is 2.27 bits per heavy atom. The third-order valence-corrected chi connectivity index (χ3v) is 14.4. The summed E-state index contributed by atoms with van der Waals surface area (Å²) in [5.41, 5.74) is 0.107. The smallest absolute Gasteiger partial charge is 0.408 e. The molecule has 0 unspecified atom stereocenters. The Kier molecular flexibility index (Phi) is 11.6. The van der Waals surface area contributed by atoms with E-state index in [4.69, 9.17) is 19.4 Å². The van der Waals surface area contributed by atoms with Crippen LogP contribution in [0, 0.1) is 11.3 Å². The summed E-state index contributed by atoms with van der Waals surface area (Å²) < 4.78 is 41.6. The number of imidazole rings is 1. The van der Waals surface area contributed by atoms with Gasteiger partial charge in [0.05, 0.1) is 22.5 Å². The summed E-state index contributed by atoms with van der Waals surface area (Å²) in [6.07, 6.45) is 0.932. The molecule has 3 N–H and O–H groups in total. The van der Waals surface area contributed by atoms with Gasteiger partial charge in [0.1, 0.15) is 39.9 Å². The molecule has 3 fully saturated rings. The number of ether oxygens (including phenoxy) is 2. The Morgan fingerprint density at radius 2 is 1.73 bits per heavy atom. The molecular formula is C42H59N7O8S2. The number of sulfonamides is 1. The van der Waals surface area contributed by atoms with E-state index >= 15 is 0 Å². The Morgan fingerprint density at radius 1 is 1.05 bits per heavy atom. The highest BCUT2D eigenvalue weighted by Gasteiger charge is 2.63. The van der Waals surface area contributed by atoms with Crippen LogP contribution in [0.1, 0.15) is 119 Å². The average molecular weight is 854 g/mol. The molecule has 2 aromatic heterocycles. The van der Waals surface area contributed by atoms with Crippen LogP contribution in [-0.2, 0) is 29.1 Å². The van der Waals surface area contributed by atoms with E-state index < -0.39 is 79.2 Å². The number of rotatable bonds is 13. The standard InChI is InChI=1S/C42H59N7O8S2/c1-13-25-20-42(25,36(52)47-59(54,55)41(12)17-18-41)46-33(50)30-19-26(21-48(30)35(51)32(39(6,7)8)45-38(53)57-40(9,10)11)56-37-44-31-27(34-43-28(22-58-34)23(2)3)15-14-16-29(31)49(37)24(4)5/h13-16,22-26,30,32H,1,17-21H2,2-12H3,(H,45,53)(H,46,50)(H,47,52)/t25-,26-,30+,32-,42-/m1/s1. The van der Waals surface area contributed by atoms with E-state index in [1.54, 1.807) is 59.8 Å². The molecule has 0 radical (unpaired) electrons. The van der Waals surface area contributed by atoms with Gasteiger partial charge in [0.25, 0.3) is 11.9 Å². The van der Waals surface area contributed by atoms with Gasteiger partial charge in [-0.05, 0) is 84.3 Å². The predicted molar refractivity (Wildman–Crippen MR) is 226 cm³/mol. The molecule has 6 rings (SSSR count). The molecule has 4 amide bonds. The fourth-order valence-corrected chi connectivity index (χ4v) is 9.73. The number of alkyl carbamates (subject to hydrolysis) is 1. The molecule has 1 aromatic carbocycles. The summed E-state index contributed by atoms with van der Waals surface area (Å²) in [6.45, 7) is 24.1. The van der Waals surface area contributed by atoms with E-state index in [9.17, 15) is 27.6 Å². The number of fused-ring (bicyclic) bond motifs is 1. The van der Waals surface area contributed by atoms with Crippen LogP contribution in [-0.4, -0.2) is 92.3 Å². The van der Waals surface area contributed by atoms with Gasteiger partial charge in [0.2, 0.25) is 21.8 Å². The van der Waals surface area contributed by atoms with Crippen molar-refractivity contribution in [1.82, 2.24) is 34.8 Å². The van der Waals surface area contributed by atoms with Crippen LogP contribution in [0.25, 0.3) is 21.6 Å². The van der Waals surface area contributed by atoms with E-state index in [0.717, 1.165) is 21.8 Å². The molecule has 1 aliphatic heterocycles. The highest BCUT2D eigenvalue weighted by atomic mass is 32.2. The zero-order chi connectivity index (χ0) is 43.6. The molecule has 2 aliphatic carbocycles. The quantitative estimate of drug-likeness (QED) is 0.167. The van der Waals surface area contributed by atoms with E-state index in [2.05, 4.69) is 35.8 Å². The number of carbonyl (C=O) groups is 4. The third-order valence-electron chi connectivity index (χ3n) is 11.3. The highest BCUT2D eigenvalue weighted by molar-refractivity contribution is 7.91. The topological polar surface area (TPSA) is 191 Å². The van der Waals surface area contributed by atoms with Crippen molar-refractivity contribution in [2.75, 3.05) is 6.54 Å². The number of hydrogen-bond donors (Lipinski definition) is 3. The molecule has 322 valence electrons. The van der Waals surface area contributed by atoms with Gasteiger partial charge in [-0.1, -0.05) is 46.8 Å². The van der Waals surface area contributed by atoms with Gasteiger partial charge in [-0.15, -0.1) is 17.9 Å². The van der Waals surface area contributed by atoms with Crippen molar-refractivity contribution in [3.8, 4) is 16.6 Å². The van der Waals surface area contributed by atoms with Crippen molar-refractivity contribution >= 4 is 56.2 Å². The first kappa shape index (κ1) is 44.1. The maximum absolute atomic E-state index is 14.7. The van der Waals surface area contributed by atoms with E-state index in [1.165, 1.54) is 11.0 Å². The number of carbonyl (C=O) groups excluding carboxylic acids is 4. The first-order chi connectivity index (χ1) is 27.3. The number of aromatic nitrogens is 3. The van der Waals surface area contributed by atoms with Gasteiger partial charge >= 0.3 is 6.09 Å². The Balaban J connectivity index is 1.34. The van der Waals surface area contributed by atoms with Crippen molar-refractivity contribution in [3.05, 3.63) is 41.9 Å². The lowest BCUT2D eigenvalue weighted by Crippen LogP contribution is -2.60. The second-order valence-corrected chi connectivity index (χ2v) is 22.1. The minimum atomic E-state index is -4.02. The van der Waals surface area contributed by atoms with Crippen molar-refractivity contribution < 1.29 is 37.1 Å². The number of thiazole rings is 1. The van der Waals surface area contributed by atoms with Crippen LogP contribution in [0.15, 0.2) is 36.2 Å². The molecule has 2 saturated carbocycles. The number of nitrogens with one attached hydrogen (secondary N) is 3. The Labute approximate surface area is 351 Å². The molecule has 17 heteroatoms. The van der Waals surface area contributed by atoms with E-state index in [1.807, 2.05) is 42.0 Å². The zero-order valence-electron chi connectivity index (χ0n) is 36.0. The largest absolute Gasteiger partial charge is 0.459 e. The van der Waals surface area contributed by atoms with Gasteiger partial charge in [-0.2, -0.15) is 4.98 Å². The molecule has 15 nitrogen and oxygen atoms in total. The molecule has 3 aliphatic rings. The average Bonchev–Trinajstić information content (AvgIpc) is 3.80. The highest BCUT2D eigenvalue weighted by Crippen LogP contribution is 2.47.